The van der Waals surface area contributed by atoms with Gasteiger partial charge < -0.3 is 20.5 Å². The molecule has 0 radical (unpaired) electrons. The Labute approximate surface area is 106 Å². The second kappa shape index (κ2) is 5.67. The number of amides is 1. The summed E-state index contributed by atoms with van der Waals surface area (Å²) in [6.45, 7) is 0.717. The van der Waals surface area contributed by atoms with Crippen LogP contribution in [-0.4, -0.2) is 53.2 Å². The lowest BCUT2D eigenvalue weighted by molar-refractivity contribution is -0.145. The summed E-state index contributed by atoms with van der Waals surface area (Å²) in [4.78, 5) is 24.5. The van der Waals surface area contributed by atoms with E-state index in [9.17, 15) is 9.59 Å². The van der Waals surface area contributed by atoms with E-state index in [0.717, 1.165) is 19.3 Å². The molecular formula is C12H20N2O4. The van der Waals surface area contributed by atoms with Gasteiger partial charge in [0.1, 0.15) is 6.10 Å². The van der Waals surface area contributed by atoms with Crippen molar-refractivity contribution in [1.82, 2.24) is 4.90 Å². The fourth-order valence-corrected chi connectivity index (χ4v) is 2.32. The number of nitrogens with zero attached hydrogens (tertiary/aromatic N) is 1. The second-order valence-corrected chi connectivity index (χ2v) is 4.97. The monoisotopic (exact) mass is 256 g/mol. The minimum Gasteiger partial charge on any atom is -0.481 e. The zero-order chi connectivity index (χ0) is 13.1. The molecule has 1 aliphatic heterocycles. The van der Waals surface area contributed by atoms with Gasteiger partial charge in [-0.3, -0.25) is 9.59 Å². The average Bonchev–Trinajstić information content (AvgIpc) is 3.06. The van der Waals surface area contributed by atoms with Gasteiger partial charge >= 0.3 is 5.97 Å². The van der Waals surface area contributed by atoms with E-state index in [2.05, 4.69) is 0 Å². The molecule has 0 aromatic carbocycles. The molecular weight excluding hydrogens is 236 g/mol. The van der Waals surface area contributed by atoms with E-state index in [-0.39, 0.29) is 31.0 Å². The van der Waals surface area contributed by atoms with Crippen molar-refractivity contribution in [2.45, 2.75) is 50.4 Å². The fraction of sp³-hybridized carbons (Fsp3) is 0.833. The summed E-state index contributed by atoms with van der Waals surface area (Å²) in [5.74, 6) is -0.935. The van der Waals surface area contributed by atoms with Crippen molar-refractivity contribution in [2.24, 2.45) is 5.73 Å². The van der Waals surface area contributed by atoms with E-state index in [1.165, 1.54) is 0 Å². The molecule has 1 saturated heterocycles. The van der Waals surface area contributed by atoms with Crippen LogP contribution in [0.5, 0.6) is 0 Å². The normalized spacial score (nSPS) is 27.2. The van der Waals surface area contributed by atoms with Crippen LogP contribution in [-0.2, 0) is 14.3 Å². The molecule has 2 aliphatic rings. The maximum Gasteiger partial charge on any atom is 0.305 e. The molecule has 2 atom stereocenters. The summed E-state index contributed by atoms with van der Waals surface area (Å²) in [6, 6.07) is 0.220. The van der Waals surface area contributed by atoms with E-state index in [0.29, 0.717) is 13.0 Å². The summed E-state index contributed by atoms with van der Waals surface area (Å²) >= 11 is 0. The van der Waals surface area contributed by atoms with Gasteiger partial charge in [-0.1, -0.05) is 0 Å². The van der Waals surface area contributed by atoms with Crippen LogP contribution in [0.3, 0.4) is 0 Å². The van der Waals surface area contributed by atoms with E-state index >= 15 is 0 Å². The molecule has 0 aromatic rings. The number of hydrogen-bond donors (Lipinski definition) is 2. The predicted octanol–water partition coefficient (Wildman–Crippen LogP) is -0.0416. The van der Waals surface area contributed by atoms with E-state index in [1.54, 1.807) is 4.90 Å². The lowest BCUT2D eigenvalue weighted by Crippen LogP contribution is -2.42. The van der Waals surface area contributed by atoms with Gasteiger partial charge in [0.15, 0.2) is 0 Å². The Morgan fingerprint density at radius 3 is 2.50 bits per heavy atom. The van der Waals surface area contributed by atoms with Gasteiger partial charge in [0.2, 0.25) is 0 Å². The third-order valence-electron chi connectivity index (χ3n) is 3.48. The number of hydrogen-bond acceptors (Lipinski definition) is 4. The number of nitrogens with two attached hydrogens (primary N) is 1. The van der Waals surface area contributed by atoms with Crippen LogP contribution in [0, 0.1) is 0 Å². The Bertz CT molecular complexity index is 330. The van der Waals surface area contributed by atoms with Crippen molar-refractivity contribution in [1.29, 1.82) is 0 Å². The molecule has 1 saturated carbocycles. The second-order valence-electron chi connectivity index (χ2n) is 4.97. The van der Waals surface area contributed by atoms with Gasteiger partial charge in [-0.05, 0) is 25.7 Å². The Kier molecular flexibility index (Phi) is 4.19. The molecule has 3 N–H and O–H groups in total. The van der Waals surface area contributed by atoms with Gasteiger partial charge in [-0.15, -0.1) is 0 Å². The van der Waals surface area contributed by atoms with Crippen molar-refractivity contribution in [2.75, 3.05) is 13.1 Å². The number of carbonyl (C=O) groups excluding carboxylic acids is 1. The standard InChI is InChI=1S/C12H20N2O4/c13-7-9-3-4-10(18-9)12(17)14(8-1-2-8)6-5-11(15)16/h8-10H,1-7,13H2,(H,15,16). The first-order chi connectivity index (χ1) is 8.61. The Balaban J connectivity index is 1.89. The highest BCUT2D eigenvalue weighted by Crippen LogP contribution is 2.30. The zero-order valence-corrected chi connectivity index (χ0v) is 10.4. The summed E-state index contributed by atoms with van der Waals surface area (Å²) in [5.41, 5.74) is 5.52. The van der Waals surface area contributed by atoms with Crippen molar-refractivity contribution < 1.29 is 19.4 Å². The van der Waals surface area contributed by atoms with Crippen LogP contribution in [0.1, 0.15) is 32.1 Å². The first-order valence-corrected chi connectivity index (χ1v) is 6.49. The highest BCUT2D eigenvalue weighted by molar-refractivity contribution is 5.82. The van der Waals surface area contributed by atoms with Crippen LogP contribution in [0.15, 0.2) is 0 Å². The molecule has 102 valence electrons. The number of carboxylic acids is 1. The topological polar surface area (TPSA) is 92.9 Å². The quantitative estimate of drug-likeness (QED) is 0.695. The van der Waals surface area contributed by atoms with Crippen LogP contribution in [0.4, 0.5) is 0 Å². The van der Waals surface area contributed by atoms with Gasteiger partial charge in [0.05, 0.1) is 12.5 Å². The first kappa shape index (κ1) is 13.3. The highest BCUT2D eigenvalue weighted by Gasteiger charge is 2.39. The van der Waals surface area contributed by atoms with Crippen molar-refractivity contribution in [3.63, 3.8) is 0 Å². The SMILES string of the molecule is NCC1CCC(C(=O)N(CCC(=O)O)C2CC2)O1. The van der Waals surface area contributed by atoms with Gasteiger partial charge in [0.25, 0.3) is 5.91 Å². The summed E-state index contributed by atoms with van der Waals surface area (Å²) in [6.07, 6.45) is 2.99. The molecule has 2 rings (SSSR count). The lowest BCUT2D eigenvalue weighted by atomic mass is 10.1. The molecule has 6 heteroatoms. The van der Waals surface area contributed by atoms with Gasteiger partial charge in [-0.25, -0.2) is 0 Å². The number of rotatable bonds is 6. The summed E-state index contributed by atoms with van der Waals surface area (Å²) in [5, 5.41) is 8.71. The molecule has 18 heavy (non-hydrogen) atoms. The smallest absolute Gasteiger partial charge is 0.305 e. The Morgan fingerprint density at radius 2 is 2.00 bits per heavy atom. The first-order valence-electron chi connectivity index (χ1n) is 6.49. The number of aliphatic carboxylic acids is 1. The Hall–Kier alpha value is -1.14. The van der Waals surface area contributed by atoms with E-state index in [4.69, 9.17) is 15.6 Å². The van der Waals surface area contributed by atoms with Crippen molar-refractivity contribution >= 4 is 11.9 Å². The zero-order valence-electron chi connectivity index (χ0n) is 10.4. The third kappa shape index (κ3) is 3.20. The minimum atomic E-state index is -0.874. The summed E-state index contributed by atoms with van der Waals surface area (Å²) in [7, 11) is 0. The maximum absolute atomic E-state index is 12.3. The van der Waals surface area contributed by atoms with E-state index < -0.39 is 12.1 Å². The lowest BCUT2D eigenvalue weighted by Gasteiger charge is -2.25. The molecule has 0 spiro atoms. The maximum atomic E-state index is 12.3. The van der Waals surface area contributed by atoms with Crippen LogP contribution in [0.25, 0.3) is 0 Å². The number of carboxylic acid groups (broad SMARTS) is 1. The average molecular weight is 256 g/mol. The predicted molar refractivity (Wildman–Crippen MR) is 63.9 cm³/mol. The van der Waals surface area contributed by atoms with E-state index in [1.807, 2.05) is 0 Å². The van der Waals surface area contributed by atoms with Crippen molar-refractivity contribution in [3.8, 4) is 0 Å². The molecule has 2 unspecified atom stereocenters. The largest absolute Gasteiger partial charge is 0.481 e. The third-order valence-corrected chi connectivity index (χ3v) is 3.48. The van der Waals surface area contributed by atoms with Crippen molar-refractivity contribution in [3.05, 3.63) is 0 Å². The van der Waals surface area contributed by atoms with Gasteiger partial charge in [0, 0.05) is 19.1 Å². The molecule has 2 fully saturated rings. The number of ether oxygens (including phenoxy) is 1. The molecule has 6 nitrogen and oxygen atoms in total. The van der Waals surface area contributed by atoms with Crippen LogP contribution < -0.4 is 5.73 Å². The molecule has 1 heterocycles. The molecule has 1 aliphatic carbocycles. The molecule has 1 amide bonds. The summed E-state index contributed by atoms with van der Waals surface area (Å²) < 4.78 is 5.57. The van der Waals surface area contributed by atoms with Crippen LogP contribution >= 0.6 is 0 Å². The van der Waals surface area contributed by atoms with Crippen LogP contribution in [0.2, 0.25) is 0 Å². The Morgan fingerprint density at radius 1 is 1.28 bits per heavy atom. The molecule has 0 aromatic heterocycles. The molecule has 0 bridgehead atoms. The minimum absolute atomic E-state index is 0.00469. The highest BCUT2D eigenvalue weighted by atomic mass is 16.5. The fourth-order valence-electron chi connectivity index (χ4n) is 2.32. The number of carbonyl (C=O) groups is 2. The van der Waals surface area contributed by atoms with Gasteiger partial charge in [-0.2, -0.15) is 0 Å².